The van der Waals surface area contributed by atoms with Crippen LogP contribution < -0.4 is 0 Å². The summed E-state index contributed by atoms with van der Waals surface area (Å²) in [5, 5.41) is 20.7. The van der Waals surface area contributed by atoms with Crippen molar-refractivity contribution in [3.8, 4) is 44.5 Å². The summed E-state index contributed by atoms with van der Waals surface area (Å²) in [7, 11) is 0. The van der Waals surface area contributed by atoms with E-state index in [9.17, 15) is 0 Å². The number of fused-ring (bicyclic) bond motifs is 10. The minimum Gasteiger partial charge on any atom is -0.147 e. The Morgan fingerprint density at radius 3 is 0.750 bits per heavy atom. The van der Waals surface area contributed by atoms with Gasteiger partial charge in [-0.05, 0) is 0 Å². The summed E-state index contributed by atoms with van der Waals surface area (Å²) < 4.78 is 6.25. The molecule has 4 unspecified atom stereocenters. The summed E-state index contributed by atoms with van der Waals surface area (Å²) in [5.74, 6) is 0.678. The van der Waals surface area contributed by atoms with E-state index in [1.807, 2.05) is 0 Å². The SMILES string of the molecule is CCC(C)C1=Cc2c(-c3c4ccccc4cc4ccccc34)ccc(-c3c4ccccc4cc4ccccc34)c2[CH]1[Zr]([CH3])([CH3])(=[SiH2])[CH]1C(C(C)CC)=Cc2c(-c3c4ccccc4cc4ccccc34)ccc(-c3c4ccccc4cc4ccccc34)c21.Cl.Cl. The topological polar surface area (TPSA) is 0 Å². The largest absolute Gasteiger partial charge is 0.147 e. The minimum absolute atomic E-state index is 0. The van der Waals surface area contributed by atoms with Gasteiger partial charge in [-0.1, -0.05) is 0 Å². The molecule has 0 aliphatic heterocycles. The average molecular weight is 1270 g/mol. The van der Waals surface area contributed by atoms with Crippen LogP contribution in [0.2, 0.25) is 9.26 Å². The molecule has 0 saturated heterocycles. The molecule has 2 aliphatic carbocycles. The van der Waals surface area contributed by atoms with Crippen molar-refractivity contribution in [1.29, 1.82) is 0 Å². The van der Waals surface area contributed by atoms with Gasteiger partial charge in [-0.25, -0.2) is 0 Å². The number of benzene rings is 14. The first-order valence-corrected chi connectivity index (χ1v) is 45.1. The fraction of sp³-hybridized carbons (Fsp3) is 0.143. The molecule has 2 aliphatic rings. The number of rotatable bonds is 10. The van der Waals surface area contributed by atoms with Gasteiger partial charge in [0, 0.05) is 0 Å². The number of hydrogen-bond acceptors (Lipinski definition) is 0. The zero-order valence-corrected chi connectivity index (χ0v) is 56.5. The predicted molar refractivity (Wildman–Crippen MR) is 390 cm³/mol. The Hall–Kier alpha value is -7.68. The second-order valence-corrected chi connectivity index (χ2v) is 56.9. The monoisotopic (exact) mass is 1270 g/mol. The molecule has 0 aromatic heterocycles. The van der Waals surface area contributed by atoms with Gasteiger partial charge in [0.25, 0.3) is 0 Å². The smallest absolute Gasteiger partial charge is 0.147 e. The summed E-state index contributed by atoms with van der Waals surface area (Å²) in [6.45, 7) is 12.6. The van der Waals surface area contributed by atoms with E-state index in [2.05, 4.69) is 299 Å². The van der Waals surface area contributed by atoms with Crippen molar-refractivity contribution in [2.75, 3.05) is 0 Å². The summed E-state index contributed by atoms with van der Waals surface area (Å²) >= 11 is -4.81. The van der Waals surface area contributed by atoms with Crippen LogP contribution in [-0.4, -0.2) is 6.88 Å². The van der Waals surface area contributed by atoms with Crippen LogP contribution in [0.15, 0.2) is 254 Å². The molecule has 0 heterocycles. The van der Waals surface area contributed by atoms with Gasteiger partial charge >= 0.3 is 512 Å². The zero-order chi connectivity index (χ0) is 58.2. The predicted octanol–water partition coefficient (Wildman–Crippen LogP) is 24.4. The number of hydrogen-bond donors (Lipinski definition) is 0. The van der Waals surface area contributed by atoms with E-state index in [1.165, 1.54) is 142 Å². The molecule has 14 aromatic rings. The molecule has 0 bridgehead atoms. The molecular weight excluding hydrogens is 1200 g/mol. The van der Waals surface area contributed by atoms with E-state index in [4.69, 9.17) is 0 Å². The van der Waals surface area contributed by atoms with Gasteiger partial charge in [0.15, 0.2) is 0 Å². The minimum atomic E-state index is -4.81. The van der Waals surface area contributed by atoms with Crippen LogP contribution >= 0.6 is 24.8 Å². The first kappa shape index (κ1) is 58.0. The molecule has 0 N–H and O–H groups in total. The third-order valence-corrected chi connectivity index (χ3v) is 38.1. The van der Waals surface area contributed by atoms with Gasteiger partial charge in [0.2, 0.25) is 0 Å². The molecule has 0 saturated carbocycles. The zero-order valence-electron chi connectivity index (χ0n) is 51.0. The van der Waals surface area contributed by atoms with Crippen LogP contribution in [0.3, 0.4) is 0 Å². The van der Waals surface area contributed by atoms with E-state index >= 15 is 0 Å². The van der Waals surface area contributed by atoms with Crippen molar-refractivity contribution >= 4 is 130 Å². The van der Waals surface area contributed by atoms with Crippen LogP contribution in [0.4, 0.5) is 0 Å². The van der Waals surface area contributed by atoms with E-state index in [1.54, 1.807) is 22.3 Å². The third kappa shape index (κ3) is 8.83. The fourth-order valence-electron chi connectivity index (χ4n) is 16.7. The van der Waals surface area contributed by atoms with Crippen LogP contribution in [0.25, 0.3) is 143 Å². The number of allylic oxidation sites excluding steroid dienone is 2. The third-order valence-electron chi connectivity index (χ3n) is 20.9. The Morgan fingerprint density at radius 2 is 0.523 bits per heavy atom. The second-order valence-electron chi connectivity index (χ2n) is 26.5. The molecule has 0 nitrogen and oxygen atoms in total. The molecule has 430 valence electrons. The molecule has 0 spiro atoms. The first-order valence-electron chi connectivity index (χ1n) is 31.5. The number of halogens is 2. The van der Waals surface area contributed by atoms with E-state index < -0.39 is 17.4 Å². The van der Waals surface area contributed by atoms with Gasteiger partial charge in [0.1, 0.15) is 0 Å². The summed E-state index contributed by atoms with van der Waals surface area (Å²) in [5.41, 5.74) is 20.1. The summed E-state index contributed by atoms with van der Waals surface area (Å²) in [6.07, 6.45) is 7.69. The summed E-state index contributed by atoms with van der Waals surface area (Å²) in [4.78, 5) is 0. The van der Waals surface area contributed by atoms with Crippen molar-refractivity contribution in [2.24, 2.45) is 11.8 Å². The van der Waals surface area contributed by atoms with Gasteiger partial charge in [-0.2, -0.15) is 0 Å². The Bertz CT molecular complexity index is 4820. The molecule has 0 radical (unpaired) electrons. The van der Waals surface area contributed by atoms with Crippen molar-refractivity contribution < 1.29 is 17.4 Å². The van der Waals surface area contributed by atoms with E-state index in [0.29, 0.717) is 11.8 Å². The van der Waals surface area contributed by atoms with Crippen molar-refractivity contribution in [3.63, 3.8) is 0 Å². The molecule has 4 heteroatoms. The average Bonchev–Trinajstić information content (AvgIpc) is 1.47. The van der Waals surface area contributed by atoms with Gasteiger partial charge in [-0.3, -0.25) is 0 Å². The maximum absolute atomic E-state index is 4.81. The molecule has 16 rings (SSSR count). The van der Waals surface area contributed by atoms with Crippen LogP contribution in [0.5, 0.6) is 0 Å². The first-order chi connectivity index (χ1) is 42.0. The quantitative estimate of drug-likeness (QED) is 0.0946. The summed E-state index contributed by atoms with van der Waals surface area (Å²) in [6, 6.07) is 93.4. The van der Waals surface area contributed by atoms with Crippen LogP contribution in [0.1, 0.15) is 70.0 Å². The van der Waals surface area contributed by atoms with E-state index in [0.717, 1.165) is 12.8 Å². The molecule has 4 atom stereocenters. The van der Waals surface area contributed by atoms with Gasteiger partial charge in [0.05, 0.1) is 0 Å². The van der Waals surface area contributed by atoms with Crippen molar-refractivity contribution in [1.82, 2.24) is 0 Å². The molecular formula is C84H72Cl2SiZr. The molecule has 0 fully saturated rings. The standard InChI is InChI=1S/2C41H31.2CH3.2ClH.H2Si.Zr/c2*1-3-26(2)31-24-38-36(40-32-16-8-4-12-27(32)22-28-13-5-9-17-33(28)40)20-21-37(39(38)25-31)41-34-18-10-6-14-29(34)23-30-15-7-11-19-35(30)41;;;;;;/h2*4-26H,3H2,1-2H3;2*1H3;2*1H;1H2;. The van der Waals surface area contributed by atoms with E-state index in [-0.39, 0.29) is 32.1 Å². The fourth-order valence-corrected chi connectivity index (χ4v) is 36.1. The molecule has 88 heavy (non-hydrogen) atoms. The van der Waals surface area contributed by atoms with Gasteiger partial charge in [-0.15, -0.1) is 24.8 Å². The van der Waals surface area contributed by atoms with Crippen LogP contribution in [0, 0.1) is 11.8 Å². The molecule has 0 amide bonds. The van der Waals surface area contributed by atoms with Gasteiger partial charge < -0.3 is 0 Å². The van der Waals surface area contributed by atoms with Crippen molar-refractivity contribution in [2.45, 2.75) is 57.1 Å². The Morgan fingerprint density at radius 1 is 0.318 bits per heavy atom. The maximum atomic E-state index is 2.93. The van der Waals surface area contributed by atoms with Crippen molar-refractivity contribution in [3.05, 3.63) is 276 Å². The Labute approximate surface area is 532 Å². The Kier molecular flexibility index (Phi) is 14.6. The molecule has 14 aromatic carbocycles. The van der Waals surface area contributed by atoms with Crippen LogP contribution in [-0.2, 0) is 17.4 Å². The maximum Gasteiger partial charge on any atom is -0.147 e. The Balaban J connectivity index is 0.00000340. The second kappa shape index (κ2) is 22.1. The normalized spacial score (nSPS) is 15.6.